The van der Waals surface area contributed by atoms with Gasteiger partial charge in [0.25, 0.3) is 0 Å². The molecule has 0 saturated carbocycles. The molecule has 0 N–H and O–H groups in total. The van der Waals surface area contributed by atoms with Crippen LogP contribution in [-0.2, 0) is 18.6 Å². The highest BCUT2D eigenvalue weighted by Gasteiger charge is 2.19. The Labute approximate surface area is 130 Å². The van der Waals surface area contributed by atoms with Gasteiger partial charge in [-0.15, -0.1) is 11.3 Å². The Bertz CT molecular complexity index is 762. The topological polar surface area (TPSA) is 43.1 Å². The molecule has 2 aromatic heterocycles. The lowest BCUT2D eigenvalue weighted by Crippen LogP contribution is -2.01. The van der Waals surface area contributed by atoms with E-state index in [2.05, 4.69) is 11.1 Å². The van der Waals surface area contributed by atoms with Crippen molar-refractivity contribution in [2.75, 3.05) is 5.75 Å². The number of carbonyl (C=O) groups excluding carboxylic acids is 1. The first-order valence-electron chi connectivity index (χ1n) is 6.86. The van der Waals surface area contributed by atoms with Crippen molar-refractivity contribution in [3.8, 4) is 0 Å². The summed E-state index contributed by atoms with van der Waals surface area (Å²) in [5, 5.41) is 0. The Morgan fingerprint density at radius 3 is 3.10 bits per heavy atom. The van der Waals surface area contributed by atoms with Crippen LogP contribution in [-0.4, -0.2) is 16.5 Å². The van der Waals surface area contributed by atoms with Crippen LogP contribution >= 0.6 is 23.1 Å². The molecule has 0 amide bonds. The molecule has 0 spiro atoms. The van der Waals surface area contributed by atoms with Crippen LogP contribution in [0.4, 0.5) is 0 Å². The lowest BCUT2D eigenvalue weighted by molar-refractivity contribution is 0.0990. The zero-order valence-corrected chi connectivity index (χ0v) is 12.9. The summed E-state index contributed by atoms with van der Waals surface area (Å²) in [5.41, 5.74) is 2.88. The molecule has 0 unspecified atom stereocenters. The predicted molar refractivity (Wildman–Crippen MR) is 86.2 cm³/mol. The van der Waals surface area contributed by atoms with Crippen LogP contribution in [0.25, 0.3) is 11.1 Å². The van der Waals surface area contributed by atoms with Crippen LogP contribution in [0.5, 0.6) is 0 Å². The highest BCUT2D eigenvalue weighted by molar-refractivity contribution is 7.98. The zero-order chi connectivity index (χ0) is 14.2. The molecule has 4 rings (SSSR count). The van der Waals surface area contributed by atoms with Crippen LogP contribution in [0.1, 0.15) is 26.0 Å². The van der Waals surface area contributed by atoms with Gasteiger partial charge in [-0.3, -0.25) is 4.79 Å². The second-order valence-corrected chi connectivity index (χ2v) is 7.28. The molecule has 0 saturated heterocycles. The summed E-state index contributed by atoms with van der Waals surface area (Å²) in [6.45, 7) is 0. The Hall–Kier alpha value is -1.59. The number of thiophene rings is 1. The van der Waals surface area contributed by atoms with Crippen molar-refractivity contribution >= 4 is 40.0 Å². The molecule has 3 aromatic rings. The first-order valence-corrected chi connectivity index (χ1v) is 8.84. The van der Waals surface area contributed by atoms with Crippen molar-refractivity contribution in [3.05, 3.63) is 51.5 Å². The third kappa shape index (κ3) is 2.51. The van der Waals surface area contributed by atoms with Crippen LogP contribution in [0.2, 0.25) is 0 Å². The van der Waals surface area contributed by atoms with Crippen molar-refractivity contribution in [2.45, 2.75) is 18.6 Å². The van der Waals surface area contributed by atoms with Crippen LogP contribution < -0.4 is 0 Å². The molecule has 3 nitrogen and oxygen atoms in total. The molecule has 5 heteroatoms. The van der Waals surface area contributed by atoms with Crippen molar-refractivity contribution in [1.82, 2.24) is 4.98 Å². The number of rotatable bonds is 3. The maximum Gasteiger partial charge on any atom is 0.203 e. The molecule has 0 atom stereocenters. The van der Waals surface area contributed by atoms with E-state index in [0.717, 1.165) is 33.9 Å². The summed E-state index contributed by atoms with van der Waals surface area (Å²) in [6.07, 6.45) is 1.32. The van der Waals surface area contributed by atoms with Gasteiger partial charge in [-0.2, -0.15) is 11.8 Å². The summed E-state index contributed by atoms with van der Waals surface area (Å²) in [5.74, 6) is 2.79. The number of Topliss-reactive ketones (excluding diaryl/α,β-unsaturated/α-hetero) is 1. The van der Waals surface area contributed by atoms with Crippen molar-refractivity contribution in [3.63, 3.8) is 0 Å². The van der Waals surface area contributed by atoms with Gasteiger partial charge in [-0.1, -0.05) is 12.1 Å². The first-order chi connectivity index (χ1) is 10.3. The summed E-state index contributed by atoms with van der Waals surface area (Å²) >= 11 is 3.57. The lowest BCUT2D eigenvalue weighted by Gasteiger charge is -2.08. The van der Waals surface area contributed by atoms with Crippen molar-refractivity contribution < 1.29 is 9.21 Å². The molecule has 1 aliphatic heterocycles. The van der Waals surface area contributed by atoms with Gasteiger partial charge in [-0.25, -0.2) is 4.98 Å². The summed E-state index contributed by atoms with van der Waals surface area (Å²) in [6, 6.07) is 9.65. The van der Waals surface area contributed by atoms with Gasteiger partial charge >= 0.3 is 0 Å². The van der Waals surface area contributed by atoms with E-state index in [9.17, 15) is 4.79 Å². The van der Waals surface area contributed by atoms with Gasteiger partial charge in [0.1, 0.15) is 5.52 Å². The summed E-state index contributed by atoms with van der Waals surface area (Å²) in [4.78, 5) is 19.0. The van der Waals surface area contributed by atoms with E-state index in [1.807, 2.05) is 36.0 Å². The third-order valence-corrected chi connectivity index (χ3v) is 5.84. The molecule has 1 aromatic carbocycles. The average Bonchev–Trinajstić information content (AvgIpc) is 3.10. The van der Waals surface area contributed by atoms with Crippen LogP contribution in [0.15, 0.2) is 34.7 Å². The molecule has 0 radical (unpaired) electrons. The highest BCUT2D eigenvalue weighted by Crippen LogP contribution is 2.32. The molecule has 1 aliphatic rings. The van der Waals surface area contributed by atoms with E-state index in [1.165, 1.54) is 10.4 Å². The Morgan fingerprint density at radius 1 is 1.33 bits per heavy atom. The van der Waals surface area contributed by atoms with E-state index >= 15 is 0 Å². The van der Waals surface area contributed by atoms with Gasteiger partial charge in [0.05, 0.1) is 11.3 Å². The number of thioether (sulfide) groups is 1. The van der Waals surface area contributed by atoms with E-state index in [1.54, 1.807) is 11.3 Å². The smallest absolute Gasteiger partial charge is 0.203 e. The fourth-order valence-electron chi connectivity index (χ4n) is 2.50. The van der Waals surface area contributed by atoms with Gasteiger partial charge in [-0.05, 0) is 35.9 Å². The minimum atomic E-state index is 0.103. The van der Waals surface area contributed by atoms with E-state index < -0.39 is 0 Å². The monoisotopic (exact) mass is 315 g/mol. The van der Waals surface area contributed by atoms with E-state index in [0.29, 0.717) is 5.89 Å². The summed E-state index contributed by atoms with van der Waals surface area (Å²) < 4.78 is 5.63. The number of hydrogen-bond acceptors (Lipinski definition) is 5. The fraction of sp³-hybridized carbons (Fsp3) is 0.250. The van der Waals surface area contributed by atoms with Crippen molar-refractivity contribution in [1.29, 1.82) is 0 Å². The number of nitrogens with zero attached hydrogens (tertiary/aromatic N) is 1. The number of aryl methyl sites for hydroxylation is 1. The Balaban J connectivity index is 1.58. The standard InChI is InChI=1S/C16H13NO2S2/c18-12(15-7-10-9-20-6-5-14(10)21-15)8-16-17-11-3-1-2-4-13(11)19-16/h1-4,7H,5-6,8-9H2. The second-order valence-electron chi connectivity index (χ2n) is 5.04. The average molecular weight is 315 g/mol. The number of fused-ring (bicyclic) bond motifs is 2. The summed E-state index contributed by atoms with van der Waals surface area (Å²) in [7, 11) is 0. The van der Waals surface area contributed by atoms with E-state index in [-0.39, 0.29) is 12.2 Å². The molecule has 106 valence electrons. The molecular weight excluding hydrogens is 302 g/mol. The van der Waals surface area contributed by atoms with Crippen LogP contribution in [0, 0.1) is 0 Å². The molecule has 0 fully saturated rings. The number of ketones is 1. The quantitative estimate of drug-likeness (QED) is 0.682. The minimum absolute atomic E-state index is 0.103. The number of para-hydroxylation sites is 2. The predicted octanol–water partition coefficient (Wildman–Crippen LogP) is 4.10. The van der Waals surface area contributed by atoms with Gasteiger partial charge in [0.15, 0.2) is 11.4 Å². The maximum absolute atomic E-state index is 12.4. The van der Waals surface area contributed by atoms with Crippen molar-refractivity contribution in [2.24, 2.45) is 0 Å². The number of oxazole rings is 1. The lowest BCUT2D eigenvalue weighted by atomic mass is 10.2. The number of aromatic nitrogens is 1. The zero-order valence-electron chi connectivity index (χ0n) is 11.3. The number of benzene rings is 1. The SMILES string of the molecule is O=C(Cc1nc2ccccc2o1)c1cc2c(s1)CCSC2. The third-order valence-electron chi connectivity index (χ3n) is 3.55. The Morgan fingerprint density at radius 2 is 2.24 bits per heavy atom. The van der Waals surface area contributed by atoms with Crippen LogP contribution in [0.3, 0.4) is 0 Å². The largest absolute Gasteiger partial charge is 0.440 e. The normalized spacial score (nSPS) is 14.3. The molecule has 3 heterocycles. The fourth-order valence-corrected chi connectivity index (χ4v) is 4.81. The van der Waals surface area contributed by atoms with Gasteiger partial charge in [0.2, 0.25) is 5.89 Å². The number of hydrogen-bond donors (Lipinski definition) is 0. The molecular formula is C16H13NO2S2. The minimum Gasteiger partial charge on any atom is -0.440 e. The number of carbonyl (C=O) groups is 1. The molecule has 21 heavy (non-hydrogen) atoms. The Kier molecular flexibility index (Phi) is 3.31. The molecule has 0 bridgehead atoms. The maximum atomic E-state index is 12.4. The second kappa shape index (κ2) is 5.31. The molecule has 0 aliphatic carbocycles. The highest BCUT2D eigenvalue weighted by atomic mass is 32.2. The first kappa shape index (κ1) is 13.1. The van der Waals surface area contributed by atoms with E-state index in [4.69, 9.17) is 4.42 Å². The van der Waals surface area contributed by atoms with Gasteiger partial charge in [0, 0.05) is 10.6 Å². The van der Waals surface area contributed by atoms with Gasteiger partial charge < -0.3 is 4.42 Å².